The maximum absolute atomic E-state index is 13.1. The number of anilines is 1. The Bertz CT molecular complexity index is 986. The first-order chi connectivity index (χ1) is 12.0. The molecule has 3 aromatic rings. The number of ketones is 1. The zero-order valence-corrected chi connectivity index (χ0v) is 14.5. The van der Waals surface area contributed by atoms with Gasteiger partial charge in [-0.15, -0.1) is 0 Å². The fraction of sp³-hybridized carbons (Fsp3) is 0.200. The van der Waals surface area contributed by atoms with Crippen LogP contribution in [0.15, 0.2) is 42.6 Å². The van der Waals surface area contributed by atoms with Crippen LogP contribution in [0.3, 0.4) is 0 Å². The standard InChI is InChI=1S/C20H20N2O3/c1-4-25-20(24)16-15-7-5-6-10-22(15)18(17(16)21)19(23)14-9-8-12(2)13(3)11-14/h5-11H,4,21H2,1-3H3. The van der Waals surface area contributed by atoms with E-state index in [9.17, 15) is 9.59 Å². The number of nitrogen functional groups attached to an aromatic ring is 1. The van der Waals surface area contributed by atoms with E-state index in [1.54, 1.807) is 41.8 Å². The Labute approximate surface area is 146 Å². The van der Waals surface area contributed by atoms with Crippen LogP contribution in [0.4, 0.5) is 5.69 Å². The number of aromatic nitrogens is 1. The van der Waals surface area contributed by atoms with Crippen molar-refractivity contribution in [3.05, 3.63) is 70.5 Å². The number of aryl methyl sites for hydroxylation is 2. The molecule has 0 fully saturated rings. The van der Waals surface area contributed by atoms with Gasteiger partial charge in [-0.25, -0.2) is 4.79 Å². The molecule has 25 heavy (non-hydrogen) atoms. The first kappa shape index (κ1) is 16.8. The van der Waals surface area contributed by atoms with E-state index in [-0.39, 0.29) is 29.3 Å². The molecule has 5 heteroatoms. The molecule has 3 rings (SSSR count). The summed E-state index contributed by atoms with van der Waals surface area (Å²) in [5, 5.41) is 0. The van der Waals surface area contributed by atoms with Gasteiger partial charge in [0, 0.05) is 11.8 Å². The third-order valence-electron chi connectivity index (χ3n) is 4.35. The largest absolute Gasteiger partial charge is 0.462 e. The Kier molecular flexibility index (Phi) is 4.31. The molecule has 1 aromatic carbocycles. The molecule has 2 heterocycles. The van der Waals surface area contributed by atoms with Crippen LogP contribution in [0, 0.1) is 13.8 Å². The molecule has 128 valence electrons. The average Bonchev–Trinajstić information content (AvgIpc) is 2.89. The van der Waals surface area contributed by atoms with Crippen molar-refractivity contribution >= 4 is 23.0 Å². The Morgan fingerprint density at radius 2 is 1.88 bits per heavy atom. The van der Waals surface area contributed by atoms with Crippen LogP contribution in [-0.4, -0.2) is 22.8 Å². The van der Waals surface area contributed by atoms with Gasteiger partial charge in [-0.3, -0.25) is 4.79 Å². The maximum atomic E-state index is 13.1. The van der Waals surface area contributed by atoms with E-state index in [1.165, 1.54) is 0 Å². The van der Waals surface area contributed by atoms with Crippen LogP contribution in [0.1, 0.15) is 44.5 Å². The summed E-state index contributed by atoms with van der Waals surface area (Å²) < 4.78 is 6.76. The van der Waals surface area contributed by atoms with E-state index in [4.69, 9.17) is 10.5 Å². The number of hydrogen-bond donors (Lipinski definition) is 1. The SMILES string of the molecule is CCOC(=O)c1c(N)c(C(=O)c2ccc(C)c(C)c2)n2ccccc12. The molecule has 0 bridgehead atoms. The number of nitrogens with two attached hydrogens (primary N) is 1. The van der Waals surface area contributed by atoms with Crippen molar-refractivity contribution in [2.75, 3.05) is 12.3 Å². The minimum Gasteiger partial charge on any atom is -0.462 e. The van der Waals surface area contributed by atoms with Gasteiger partial charge in [0.1, 0.15) is 11.3 Å². The summed E-state index contributed by atoms with van der Waals surface area (Å²) in [4.78, 5) is 25.4. The molecule has 0 radical (unpaired) electrons. The van der Waals surface area contributed by atoms with Crippen LogP contribution < -0.4 is 5.73 Å². The van der Waals surface area contributed by atoms with E-state index in [2.05, 4.69) is 0 Å². The zero-order chi connectivity index (χ0) is 18.1. The first-order valence-electron chi connectivity index (χ1n) is 8.13. The van der Waals surface area contributed by atoms with Crippen molar-refractivity contribution in [1.82, 2.24) is 4.40 Å². The molecule has 0 atom stereocenters. The Balaban J connectivity index is 2.22. The second kappa shape index (κ2) is 6.43. The van der Waals surface area contributed by atoms with Crippen molar-refractivity contribution in [2.24, 2.45) is 0 Å². The molecular formula is C20H20N2O3. The van der Waals surface area contributed by atoms with Gasteiger partial charge in [-0.1, -0.05) is 18.2 Å². The van der Waals surface area contributed by atoms with Crippen molar-refractivity contribution in [3.8, 4) is 0 Å². The summed E-state index contributed by atoms with van der Waals surface area (Å²) in [5.41, 5.74) is 10.1. The van der Waals surface area contributed by atoms with Crippen molar-refractivity contribution in [2.45, 2.75) is 20.8 Å². The predicted molar refractivity (Wildman–Crippen MR) is 97.1 cm³/mol. The molecular weight excluding hydrogens is 316 g/mol. The monoisotopic (exact) mass is 336 g/mol. The molecule has 0 saturated carbocycles. The molecule has 5 nitrogen and oxygen atoms in total. The summed E-state index contributed by atoms with van der Waals surface area (Å²) in [6.45, 7) is 5.91. The van der Waals surface area contributed by atoms with Crippen LogP contribution in [0.5, 0.6) is 0 Å². The van der Waals surface area contributed by atoms with Gasteiger partial charge in [0.05, 0.1) is 17.8 Å². The summed E-state index contributed by atoms with van der Waals surface area (Å²) >= 11 is 0. The predicted octanol–water partition coefficient (Wildman–Crippen LogP) is 3.55. The van der Waals surface area contributed by atoms with E-state index < -0.39 is 5.97 Å². The van der Waals surface area contributed by atoms with Crippen LogP contribution >= 0.6 is 0 Å². The fourth-order valence-corrected chi connectivity index (χ4v) is 2.90. The van der Waals surface area contributed by atoms with Gasteiger partial charge in [-0.2, -0.15) is 0 Å². The number of hydrogen-bond acceptors (Lipinski definition) is 4. The summed E-state index contributed by atoms with van der Waals surface area (Å²) in [6, 6.07) is 10.8. The van der Waals surface area contributed by atoms with Crippen molar-refractivity contribution in [1.29, 1.82) is 0 Å². The van der Waals surface area contributed by atoms with Gasteiger partial charge in [0.25, 0.3) is 0 Å². The highest BCUT2D eigenvalue weighted by Gasteiger charge is 2.26. The van der Waals surface area contributed by atoms with E-state index in [0.717, 1.165) is 11.1 Å². The first-order valence-corrected chi connectivity index (χ1v) is 8.13. The minimum absolute atomic E-state index is 0.146. The quantitative estimate of drug-likeness (QED) is 0.584. The number of esters is 1. The number of carbonyl (C=O) groups is 2. The number of nitrogens with zero attached hydrogens (tertiary/aromatic N) is 1. The van der Waals surface area contributed by atoms with E-state index in [0.29, 0.717) is 11.1 Å². The Morgan fingerprint density at radius 1 is 1.12 bits per heavy atom. The third-order valence-corrected chi connectivity index (χ3v) is 4.35. The van der Waals surface area contributed by atoms with Crippen LogP contribution in [0.2, 0.25) is 0 Å². The van der Waals surface area contributed by atoms with Crippen molar-refractivity contribution < 1.29 is 14.3 Å². The average molecular weight is 336 g/mol. The number of pyridine rings is 1. The molecule has 2 aromatic heterocycles. The maximum Gasteiger partial charge on any atom is 0.342 e. The smallest absolute Gasteiger partial charge is 0.342 e. The van der Waals surface area contributed by atoms with Crippen LogP contribution in [0.25, 0.3) is 5.52 Å². The van der Waals surface area contributed by atoms with Gasteiger partial charge in [0.2, 0.25) is 5.78 Å². The molecule has 0 amide bonds. The molecule has 0 saturated heterocycles. The lowest BCUT2D eigenvalue weighted by atomic mass is 10.0. The van der Waals surface area contributed by atoms with Crippen molar-refractivity contribution in [3.63, 3.8) is 0 Å². The lowest BCUT2D eigenvalue weighted by Gasteiger charge is -2.06. The lowest BCUT2D eigenvalue weighted by Crippen LogP contribution is -2.10. The molecule has 0 aliphatic carbocycles. The van der Waals surface area contributed by atoms with E-state index in [1.807, 2.05) is 26.0 Å². The van der Waals surface area contributed by atoms with Gasteiger partial charge in [-0.05, 0) is 50.1 Å². The Hall–Kier alpha value is -3.08. The number of rotatable bonds is 4. The highest BCUT2D eigenvalue weighted by Crippen LogP contribution is 2.29. The number of carbonyl (C=O) groups excluding carboxylic acids is 2. The number of benzene rings is 1. The number of ether oxygens (including phenoxy) is 1. The molecule has 0 aliphatic rings. The molecule has 0 unspecified atom stereocenters. The summed E-state index contributed by atoms with van der Waals surface area (Å²) in [5.74, 6) is -0.750. The van der Waals surface area contributed by atoms with Gasteiger partial charge >= 0.3 is 5.97 Å². The normalized spacial score (nSPS) is 10.8. The van der Waals surface area contributed by atoms with Crippen LogP contribution in [-0.2, 0) is 4.74 Å². The second-order valence-corrected chi connectivity index (χ2v) is 5.94. The Morgan fingerprint density at radius 3 is 2.56 bits per heavy atom. The highest BCUT2D eigenvalue weighted by atomic mass is 16.5. The van der Waals surface area contributed by atoms with Gasteiger partial charge in [0.15, 0.2) is 0 Å². The lowest BCUT2D eigenvalue weighted by molar-refractivity contribution is 0.0530. The summed E-state index contributed by atoms with van der Waals surface area (Å²) in [7, 11) is 0. The number of fused-ring (bicyclic) bond motifs is 1. The fourth-order valence-electron chi connectivity index (χ4n) is 2.90. The second-order valence-electron chi connectivity index (χ2n) is 5.94. The third kappa shape index (κ3) is 2.78. The molecule has 2 N–H and O–H groups in total. The summed E-state index contributed by atoms with van der Waals surface area (Å²) in [6.07, 6.45) is 1.72. The topological polar surface area (TPSA) is 73.8 Å². The van der Waals surface area contributed by atoms with E-state index >= 15 is 0 Å². The highest BCUT2D eigenvalue weighted by molar-refractivity contribution is 6.16. The minimum atomic E-state index is -0.525. The zero-order valence-electron chi connectivity index (χ0n) is 14.5. The molecule has 0 spiro atoms. The van der Waals surface area contributed by atoms with Gasteiger partial charge < -0.3 is 14.9 Å². The molecule has 0 aliphatic heterocycles.